The molecule has 0 bridgehead atoms. The van der Waals surface area contributed by atoms with E-state index in [0.717, 1.165) is 25.8 Å². The van der Waals surface area contributed by atoms with Crippen LogP contribution in [0.15, 0.2) is 30.3 Å². The lowest BCUT2D eigenvalue weighted by molar-refractivity contribution is -0.122. The molecule has 0 heterocycles. The van der Waals surface area contributed by atoms with Gasteiger partial charge in [-0.25, -0.2) is 0 Å². The van der Waals surface area contributed by atoms with Gasteiger partial charge in [0, 0.05) is 12.5 Å². The molecule has 2 heteroatoms. The molecule has 2 rings (SSSR count). The summed E-state index contributed by atoms with van der Waals surface area (Å²) in [4.78, 5) is 11.5. The Morgan fingerprint density at radius 1 is 1.38 bits per heavy atom. The summed E-state index contributed by atoms with van der Waals surface area (Å²) in [5.41, 5.74) is 1.34. The highest BCUT2D eigenvalue weighted by molar-refractivity contribution is 5.81. The van der Waals surface area contributed by atoms with E-state index in [-0.39, 0.29) is 5.91 Å². The van der Waals surface area contributed by atoms with Crippen LogP contribution in [0.3, 0.4) is 0 Å². The molecule has 1 amide bonds. The number of carbonyl (C=O) groups excluding carboxylic acids is 1. The van der Waals surface area contributed by atoms with Gasteiger partial charge in [-0.1, -0.05) is 37.3 Å². The number of aryl methyl sites for hydroxylation is 1. The highest BCUT2D eigenvalue weighted by atomic mass is 16.2. The number of carbonyl (C=O) groups is 1. The lowest BCUT2D eigenvalue weighted by atomic mass is 10.1. The topological polar surface area (TPSA) is 29.1 Å². The van der Waals surface area contributed by atoms with E-state index in [1.807, 2.05) is 6.07 Å². The predicted octanol–water partition coefficient (Wildman–Crippen LogP) is 2.39. The molecule has 1 aliphatic rings. The van der Waals surface area contributed by atoms with Crippen molar-refractivity contribution in [3.05, 3.63) is 35.9 Å². The molecule has 86 valence electrons. The number of hydrogen-bond acceptors (Lipinski definition) is 1. The first-order valence-corrected chi connectivity index (χ1v) is 6.09. The van der Waals surface area contributed by atoms with Gasteiger partial charge in [0.25, 0.3) is 0 Å². The minimum atomic E-state index is 0.251. The summed E-state index contributed by atoms with van der Waals surface area (Å²) in [5.74, 6) is 1.16. The molecule has 2 atom stereocenters. The molecule has 0 radical (unpaired) electrons. The molecule has 1 aromatic rings. The fourth-order valence-corrected chi connectivity index (χ4v) is 1.97. The second-order valence-electron chi connectivity index (χ2n) is 4.70. The summed E-state index contributed by atoms with van der Waals surface area (Å²) >= 11 is 0. The molecule has 2 nitrogen and oxygen atoms in total. The van der Waals surface area contributed by atoms with Crippen LogP contribution in [-0.2, 0) is 11.2 Å². The number of nitrogens with one attached hydrogen (secondary N) is 1. The Morgan fingerprint density at radius 3 is 2.69 bits per heavy atom. The van der Waals surface area contributed by atoms with Gasteiger partial charge in [0.2, 0.25) is 5.91 Å². The molecule has 1 aliphatic carbocycles. The fourth-order valence-electron chi connectivity index (χ4n) is 1.97. The van der Waals surface area contributed by atoms with Crippen LogP contribution in [0.4, 0.5) is 0 Å². The molecule has 0 spiro atoms. The number of amides is 1. The molecule has 0 aliphatic heterocycles. The zero-order chi connectivity index (χ0) is 11.4. The van der Waals surface area contributed by atoms with Crippen molar-refractivity contribution in [3.63, 3.8) is 0 Å². The minimum absolute atomic E-state index is 0.251. The van der Waals surface area contributed by atoms with Crippen molar-refractivity contribution < 1.29 is 4.79 Å². The Balaban J connectivity index is 1.60. The third-order valence-electron chi connectivity index (χ3n) is 3.23. The molecular formula is C14H19NO. The van der Waals surface area contributed by atoms with Crippen molar-refractivity contribution in [2.45, 2.75) is 26.2 Å². The van der Waals surface area contributed by atoms with E-state index in [9.17, 15) is 4.79 Å². The summed E-state index contributed by atoms with van der Waals surface area (Å²) in [6.07, 6.45) is 3.14. The lowest BCUT2D eigenvalue weighted by Gasteiger charge is -2.04. The fraction of sp³-hybridized carbons (Fsp3) is 0.500. The molecule has 0 saturated heterocycles. The van der Waals surface area contributed by atoms with Crippen LogP contribution in [0.1, 0.15) is 25.3 Å². The number of rotatable bonds is 5. The summed E-state index contributed by atoms with van der Waals surface area (Å²) in [7, 11) is 0. The maximum absolute atomic E-state index is 11.5. The Hall–Kier alpha value is -1.31. The largest absolute Gasteiger partial charge is 0.356 e. The molecule has 0 aromatic heterocycles. The van der Waals surface area contributed by atoms with E-state index in [0.29, 0.717) is 11.8 Å². The van der Waals surface area contributed by atoms with Crippen molar-refractivity contribution in [2.75, 3.05) is 6.54 Å². The molecule has 1 fully saturated rings. The third kappa shape index (κ3) is 3.09. The monoisotopic (exact) mass is 217 g/mol. The normalized spacial score (nSPS) is 22.8. The minimum Gasteiger partial charge on any atom is -0.356 e. The molecule has 1 N–H and O–H groups in total. The van der Waals surface area contributed by atoms with E-state index >= 15 is 0 Å². The Labute approximate surface area is 97.1 Å². The first-order chi connectivity index (χ1) is 7.77. The van der Waals surface area contributed by atoms with Gasteiger partial charge in [-0.15, -0.1) is 0 Å². The van der Waals surface area contributed by atoms with Gasteiger partial charge < -0.3 is 5.32 Å². The van der Waals surface area contributed by atoms with Crippen molar-refractivity contribution in [3.8, 4) is 0 Å². The second kappa shape index (κ2) is 5.15. The van der Waals surface area contributed by atoms with Gasteiger partial charge in [-0.2, -0.15) is 0 Å². The molecular weight excluding hydrogens is 198 g/mol. The maximum atomic E-state index is 11.5. The molecule has 1 aromatic carbocycles. The van der Waals surface area contributed by atoms with Crippen LogP contribution in [0, 0.1) is 11.8 Å². The lowest BCUT2D eigenvalue weighted by Crippen LogP contribution is -2.26. The maximum Gasteiger partial charge on any atom is 0.223 e. The van der Waals surface area contributed by atoms with E-state index in [1.54, 1.807) is 0 Å². The van der Waals surface area contributed by atoms with E-state index < -0.39 is 0 Å². The zero-order valence-corrected chi connectivity index (χ0v) is 9.78. The Bertz CT molecular complexity index is 347. The molecule has 0 unspecified atom stereocenters. The van der Waals surface area contributed by atoms with E-state index in [1.165, 1.54) is 5.56 Å². The van der Waals surface area contributed by atoms with Crippen LogP contribution < -0.4 is 5.32 Å². The van der Waals surface area contributed by atoms with Crippen LogP contribution in [0.2, 0.25) is 0 Å². The van der Waals surface area contributed by atoms with Gasteiger partial charge in [0.1, 0.15) is 0 Å². The van der Waals surface area contributed by atoms with Crippen molar-refractivity contribution >= 4 is 5.91 Å². The van der Waals surface area contributed by atoms with Gasteiger partial charge in [0.05, 0.1) is 0 Å². The van der Waals surface area contributed by atoms with Crippen LogP contribution in [0.5, 0.6) is 0 Å². The van der Waals surface area contributed by atoms with Gasteiger partial charge in [-0.3, -0.25) is 4.79 Å². The van der Waals surface area contributed by atoms with Gasteiger partial charge >= 0.3 is 0 Å². The average Bonchev–Trinajstić information content (AvgIpc) is 3.03. The molecule has 16 heavy (non-hydrogen) atoms. The van der Waals surface area contributed by atoms with E-state index in [4.69, 9.17) is 0 Å². The Morgan fingerprint density at radius 2 is 2.06 bits per heavy atom. The van der Waals surface area contributed by atoms with E-state index in [2.05, 4.69) is 36.5 Å². The quantitative estimate of drug-likeness (QED) is 0.754. The summed E-state index contributed by atoms with van der Waals surface area (Å²) in [5, 5.41) is 3.01. The van der Waals surface area contributed by atoms with Gasteiger partial charge in [0.15, 0.2) is 0 Å². The number of hydrogen-bond donors (Lipinski definition) is 1. The number of benzene rings is 1. The standard InChI is InChI=1S/C14H19NO/c1-11-10-13(11)14(16)15-9-5-8-12-6-3-2-4-7-12/h2-4,6-7,11,13H,5,8-10H2,1H3,(H,15,16)/t11-,13-/m1/s1. The highest BCUT2D eigenvalue weighted by Gasteiger charge is 2.38. The average molecular weight is 217 g/mol. The van der Waals surface area contributed by atoms with Gasteiger partial charge in [-0.05, 0) is 30.7 Å². The summed E-state index contributed by atoms with van der Waals surface area (Å²) < 4.78 is 0. The van der Waals surface area contributed by atoms with Crippen molar-refractivity contribution in [1.82, 2.24) is 5.32 Å². The first-order valence-electron chi connectivity index (χ1n) is 6.09. The van der Waals surface area contributed by atoms with Crippen LogP contribution >= 0.6 is 0 Å². The van der Waals surface area contributed by atoms with Crippen molar-refractivity contribution in [2.24, 2.45) is 11.8 Å². The van der Waals surface area contributed by atoms with Crippen molar-refractivity contribution in [1.29, 1.82) is 0 Å². The summed E-state index contributed by atoms with van der Waals surface area (Å²) in [6.45, 7) is 2.94. The zero-order valence-electron chi connectivity index (χ0n) is 9.78. The first kappa shape index (κ1) is 11.2. The van der Waals surface area contributed by atoms with Crippen LogP contribution in [0.25, 0.3) is 0 Å². The Kier molecular flexibility index (Phi) is 3.60. The van der Waals surface area contributed by atoms with Crippen LogP contribution in [-0.4, -0.2) is 12.5 Å². The SMILES string of the molecule is C[C@@H]1C[C@H]1C(=O)NCCCc1ccccc1. The second-order valence-corrected chi connectivity index (χ2v) is 4.70. The third-order valence-corrected chi connectivity index (χ3v) is 3.23. The highest BCUT2D eigenvalue weighted by Crippen LogP contribution is 2.37. The molecule has 1 saturated carbocycles. The smallest absolute Gasteiger partial charge is 0.223 e. The summed E-state index contributed by atoms with van der Waals surface area (Å²) in [6, 6.07) is 10.4. The predicted molar refractivity (Wildman–Crippen MR) is 65.0 cm³/mol.